The number of carbonyl (C=O) groups is 3. The standard InChI is InChI=1S/C48H80NO10P/c1-3-5-7-9-11-13-15-17-19-21-22-24-25-27-29-31-33-35-37-39-46(51)49-45(48(53)54)43-59-60(55,56)58-42-44(50)41-57-47(52)40-38-36-34-32-30-28-26-23-20-18-16-14-12-10-8-6-4-2/h5,7,11,13,17-20,22,24,27,29,33,35,44-45,50H,3-4,6,8-10,12,14-16,21,23,25-26,28,30-32,34,36-43H2,1-2H3,(H,49,51)(H,53,54)(H,55,56)/b7-5-,13-11-,19-17-,20-18-,24-22-,29-27-,35-33-. The van der Waals surface area contributed by atoms with Gasteiger partial charge in [0.25, 0.3) is 0 Å². The minimum atomic E-state index is -4.78. The van der Waals surface area contributed by atoms with Crippen LogP contribution in [-0.4, -0.2) is 64.9 Å². The highest BCUT2D eigenvalue weighted by molar-refractivity contribution is 7.47. The molecule has 0 heterocycles. The molecular weight excluding hydrogens is 781 g/mol. The normalized spacial score (nSPS) is 14.5. The molecule has 12 heteroatoms. The van der Waals surface area contributed by atoms with Gasteiger partial charge in [-0.25, -0.2) is 9.36 Å². The highest BCUT2D eigenvalue weighted by Gasteiger charge is 2.28. The molecule has 0 saturated carbocycles. The van der Waals surface area contributed by atoms with Crippen molar-refractivity contribution in [1.29, 1.82) is 0 Å². The number of unbranched alkanes of at least 4 members (excludes halogenated alkanes) is 13. The van der Waals surface area contributed by atoms with Crippen molar-refractivity contribution in [3.05, 3.63) is 85.1 Å². The van der Waals surface area contributed by atoms with Gasteiger partial charge in [-0.2, -0.15) is 0 Å². The van der Waals surface area contributed by atoms with Crippen LogP contribution in [0.1, 0.15) is 168 Å². The van der Waals surface area contributed by atoms with E-state index in [2.05, 4.69) is 86.0 Å². The number of esters is 1. The number of hydrogen-bond donors (Lipinski definition) is 4. The van der Waals surface area contributed by atoms with Gasteiger partial charge in [0.05, 0.1) is 13.2 Å². The van der Waals surface area contributed by atoms with Crippen molar-refractivity contribution in [2.75, 3.05) is 19.8 Å². The molecule has 0 aromatic rings. The van der Waals surface area contributed by atoms with Crippen LogP contribution in [-0.2, 0) is 32.7 Å². The Bertz CT molecular complexity index is 1340. The van der Waals surface area contributed by atoms with Gasteiger partial charge in [-0.15, -0.1) is 0 Å². The minimum Gasteiger partial charge on any atom is -0.480 e. The van der Waals surface area contributed by atoms with E-state index in [-0.39, 0.29) is 12.8 Å². The molecule has 0 aliphatic rings. The van der Waals surface area contributed by atoms with E-state index in [4.69, 9.17) is 13.8 Å². The van der Waals surface area contributed by atoms with E-state index in [9.17, 15) is 34.1 Å². The molecule has 342 valence electrons. The van der Waals surface area contributed by atoms with E-state index >= 15 is 0 Å². The van der Waals surface area contributed by atoms with Crippen LogP contribution in [0.25, 0.3) is 0 Å². The third-order valence-electron chi connectivity index (χ3n) is 9.18. The fourth-order valence-electron chi connectivity index (χ4n) is 5.68. The third kappa shape index (κ3) is 41.4. The van der Waals surface area contributed by atoms with Crippen molar-refractivity contribution in [1.82, 2.24) is 5.32 Å². The molecule has 0 radical (unpaired) electrons. The van der Waals surface area contributed by atoms with Gasteiger partial charge < -0.3 is 25.2 Å². The quantitative estimate of drug-likeness (QED) is 0.0201. The number of nitrogens with one attached hydrogen (secondary N) is 1. The molecular formula is C48H80NO10P. The Hall–Kier alpha value is -3.34. The van der Waals surface area contributed by atoms with E-state index in [1.165, 1.54) is 64.2 Å². The number of phosphoric acid groups is 1. The lowest BCUT2D eigenvalue weighted by atomic mass is 10.1. The van der Waals surface area contributed by atoms with Crippen LogP contribution in [0.2, 0.25) is 0 Å². The van der Waals surface area contributed by atoms with Gasteiger partial charge in [0.1, 0.15) is 12.7 Å². The molecule has 0 bridgehead atoms. The first-order valence-electron chi connectivity index (χ1n) is 22.6. The number of aliphatic carboxylic acids is 1. The third-order valence-corrected chi connectivity index (χ3v) is 10.1. The number of hydrogen-bond acceptors (Lipinski definition) is 8. The van der Waals surface area contributed by atoms with Crippen LogP contribution in [0, 0.1) is 0 Å². The molecule has 0 aliphatic heterocycles. The SMILES string of the molecule is CC/C=C\C/C=C\C/C=C\C/C=C\C/C=C\C/C=C\CCC(=O)NC(COP(=O)(O)OCC(O)COC(=O)CCCCCCCCC/C=C\CCCCCCCC)C(=O)O. The number of carboxylic acids is 1. The molecule has 0 rings (SSSR count). The number of aliphatic hydroxyl groups is 1. The minimum absolute atomic E-state index is 0.0157. The van der Waals surface area contributed by atoms with Crippen molar-refractivity contribution >= 4 is 25.7 Å². The van der Waals surface area contributed by atoms with E-state index in [1.54, 1.807) is 0 Å². The Balaban J connectivity index is 4.01. The summed E-state index contributed by atoms with van der Waals surface area (Å²) in [5.41, 5.74) is 0. The van der Waals surface area contributed by atoms with Crippen LogP contribution in [0.15, 0.2) is 85.1 Å². The van der Waals surface area contributed by atoms with E-state index < -0.39 is 57.6 Å². The van der Waals surface area contributed by atoms with E-state index in [1.807, 2.05) is 18.2 Å². The summed E-state index contributed by atoms with van der Waals surface area (Å²) < 4.78 is 26.8. The van der Waals surface area contributed by atoms with E-state index in [0.717, 1.165) is 57.8 Å². The number of carbonyl (C=O) groups excluding carboxylic acids is 2. The van der Waals surface area contributed by atoms with Gasteiger partial charge in [-0.05, 0) is 77.0 Å². The van der Waals surface area contributed by atoms with Gasteiger partial charge in [0.15, 0.2) is 6.04 Å². The smallest absolute Gasteiger partial charge is 0.472 e. The molecule has 4 N–H and O–H groups in total. The van der Waals surface area contributed by atoms with Crippen LogP contribution in [0.4, 0.5) is 0 Å². The number of rotatable bonds is 41. The molecule has 1 amide bonds. The molecule has 3 atom stereocenters. The second kappa shape index (κ2) is 42.4. The summed E-state index contributed by atoms with van der Waals surface area (Å²) in [6, 6.07) is -1.59. The number of carboxylic acid groups (broad SMARTS) is 1. The Kier molecular flexibility index (Phi) is 40.0. The lowest BCUT2D eigenvalue weighted by Gasteiger charge is -2.18. The van der Waals surface area contributed by atoms with Crippen molar-refractivity contribution in [3.8, 4) is 0 Å². The zero-order valence-corrected chi connectivity index (χ0v) is 37.9. The first kappa shape index (κ1) is 56.7. The Morgan fingerprint density at radius 3 is 1.48 bits per heavy atom. The number of amides is 1. The van der Waals surface area contributed by atoms with Crippen LogP contribution >= 0.6 is 7.82 Å². The monoisotopic (exact) mass is 862 g/mol. The summed E-state index contributed by atoms with van der Waals surface area (Å²) in [7, 11) is -4.78. The molecule has 3 unspecified atom stereocenters. The maximum atomic E-state index is 12.3. The molecule has 60 heavy (non-hydrogen) atoms. The average molecular weight is 862 g/mol. The number of allylic oxidation sites excluding steroid dienone is 14. The fraction of sp³-hybridized carbons (Fsp3) is 0.646. The predicted molar refractivity (Wildman–Crippen MR) is 244 cm³/mol. The Morgan fingerprint density at radius 1 is 0.550 bits per heavy atom. The molecule has 0 fully saturated rings. The second-order valence-electron chi connectivity index (χ2n) is 14.9. The first-order chi connectivity index (χ1) is 29.1. The van der Waals surface area contributed by atoms with Crippen molar-refractivity contribution in [2.45, 2.75) is 180 Å². The van der Waals surface area contributed by atoms with Gasteiger partial charge in [0.2, 0.25) is 5.91 Å². The van der Waals surface area contributed by atoms with Crippen LogP contribution in [0.3, 0.4) is 0 Å². The number of phosphoric ester groups is 1. The van der Waals surface area contributed by atoms with E-state index in [0.29, 0.717) is 19.3 Å². The highest BCUT2D eigenvalue weighted by Crippen LogP contribution is 2.43. The summed E-state index contributed by atoms with van der Waals surface area (Å²) in [6.07, 6.45) is 51.9. The van der Waals surface area contributed by atoms with Crippen molar-refractivity contribution in [2.24, 2.45) is 0 Å². The van der Waals surface area contributed by atoms with Crippen molar-refractivity contribution in [3.63, 3.8) is 0 Å². The number of aliphatic hydroxyl groups excluding tert-OH is 1. The summed E-state index contributed by atoms with van der Waals surface area (Å²) in [4.78, 5) is 45.9. The topological polar surface area (TPSA) is 169 Å². The fourth-order valence-corrected chi connectivity index (χ4v) is 6.46. The molecule has 0 aromatic heterocycles. The van der Waals surface area contributed by atoms with Gasteiger partial charge in [-0.3, -0.25) is 18.6 Å². The Morgan fingerprint density at radius 2 is 0.983 bits per heavy atom. The number of ether oxygens (including phenoxy) is 1. The lowest BCUT2D eigenvalue weighted by Crippen LogP contribution is -2.43. The Labute approximate surface area is 362 Å². The summed E-state index contributed by atoms with van der Waals surface area (Å²) in [6.45, 7) is 2.41. The lowest BCUT2D eigenvalue weighted by molar-refractivity contribution is -0.147. The average Bonchev–Trinajstić information content (AvgIpc) is 3.22. The van der Waals surface area contributed by atoms with Crippen molar-refractivity contribution < 1.29 is 47.8 Å². The maximum absolute atomic E-state index is 12.3. The molecule has 0 aromatic carbocycles. The first-order valence-corrected chi connectivity index (χ1v) is 24.1. The van der Waals surface area contributed by atoms with Crippen LogP contribution < -0.4 is 5.32 Å². The molecule has 11 nitrogen and oxygen atoms in total. The largest absolute Gasteiger partial charge is 0.480 e. The zero-order valence-electron chi connectivity index (χ0n) is 37.0. The zero-order chi connectivity index (χ0) is 44.2. The van der Waals surface area contributed by atoms with Gasteiger partial charge in [-0.1, -0.05) is 163 Å². The summed E-state index contributed by atoms with van der Waals surface area (Å²) in [5.74, 6) is -2.50. The summed E-state index contributed by atoms with van der Waals surface area (Å²) in [5, 5.41) is 21.8. The second-order valence-corrected chi connectivity index (χ2v) is 16.3. The summed E-state index contributed by atoms with van der Waals surface area (Å²) >= 11 is 0. The maximum Gasteiger partial charge on any atom is 0.472 e. The van der Waals surface area contributed by atoms with Crippen LogP contribution in [0.5, 0.6) is 0 Å². The molecule has 0 saturated heterocycles. The molecule has 0 spiro atoms. The predicted octanol–water partition coefficient (Wildman–Crippen LogP) is 11.9. The molecule has 0 aliphatic carbocycles. The van der Waals surface area contributed by atoms with Gasteiger partial charge in [0, 0.05) is 12.8 Å². The van der Waals surface area contributed by atoms with Gasteiger partial charge >= 0.3 is 19.8 Å². The highest BCUT2D eigenvalue weighted by atomic mass is 31.2.